The molecule has 0 spiro atoms. The summed E-state index contributed by atoms with van der Waals surface area (Å²) >= 11 is 0. The quantitative estimate of drug-likeness (QED) is 0.579. The summed E-state index contributed by atoms with van der Waals surface area (Å²) in [6.45, 7) is 0.900. The number of sulfonamides is 1. The number of alkyl halides is 3. The average Bonchev–Trinajstić information content (AvgIpc) is 2.71. The maximum Gasteiger partial charge on any atom is 0.418 e. The van der Waals surface area contributed by atoms with Crippen molar-refractivity contribution in [2.45, 2.75) is 30.8 Å². The van der Waals surface area contributed by atoms with Crippen LogP contribution in [-0.2, 0) is 30.5 Å². The third-order valence-electron chi connectivity index (χ3n) is 4.60. The van der Waals surface area contributed by atoms with Crippen molar-refractivity contribution >= 4 is 39.1 Å². The van der Waals surface area contributed by atoms with E-state index in [9.17, 15) is 31.2 Å². The van der Waals surface area contributed by atoms with Gasteiger partial charge in [0, 0.05) is 12.8 Å². The number of amidine groups is 1. The Balaban J connectivity index is 1.51. The van der Waals surface area contributed by atoms with Crippen LogP contribution in [0.5, 0.6) is 0 Å². The summed E-state index contributed by atoms with van der Waals surface area (Å²) in [6.07, 6.45) is -4.69. The van der Waals surface area contributed by atoms with E-state index in [4.69, 9.17) is 4.74 Å². The molecule has 1 aliphatic heterocycles. The Morgan fingerprint density at radius 3 is 2.52 bits per heavy atom. The second-order valence-corrected chi connectivity index (χ2v) is 8.97. The van der Waals surface area contributed by atoms with Crippen LogP contribution in [0.25, 0.3) is 0 Å². The highest BCUT2D eigenvalue weighted by molar-refractivity contribution is 7.90. The highest BCUT2D eigenvalue weighted by atomic mass is 32.2. The molecule has 8 nitrogen and oxygen atoms in total. The van der Waals surface area contributed by atoms with Gasteiger partial charge in [0.1, 0.15) is 10.7 Å². The molecule has 1 aliphatic rings. The number of nitrogens with zero attached hydrogens (tertiary/aromatic N) is 1. The van der Waals surface area contributed by atoms with Crippen molar-refractivity contribution in [1.29, 1.82) is 0 Å². The second kappa shape index (κ2) is 9.61. The van der Waals surface area contributed by atoms with E-state index >= 15 is 0 Å². The van der Waals surface area contributed by atoms with Gasteiger partial charge in [-0.25, -0.2) is 0 Å². The molecule has 0 fully saturated rings. The summed E-state index contributed by atoms with van der Waals surface area (Å²) in [5.41, 5.74) is -1.08. The molecule has 0 aliphatic carbocycles. The van der Waals surface area contributed by atoms with Crippen LogP contribution in [-0.4, -0.2) is 32.7 Å². The van der Waals surface area contributed by atoms with Gasteiger partial charge in [-0.05, 0) is 30.2 Å². The normalized spacial score (nSPS) is 15.5. The van der Waals surface area contributed by atoms with Crippen LogP contribution in [0.1, 0.15) is 25.3 Å². The molecule has 3 rings (SSSR count). The molecule has 2 aromatic rings. The van der Waals surface area contributed by atoms with Crippen LogP contribution < -0.4 is 10.6 Å². The van der Waals surface area contributed by atoms with Crippen LogP contribution in [0, 0.1) is 5.92 Å². The highest BCUT2D eigenvalue weighted by Gasteiger charge is 2.33. The van der Waals surface area contributed by atoms with Crippen molar-refractivity contribution in [3.63, 3.8) is 0 Å². The maximum atomic E-state index is 13.0. The van der Waals surface area contributed by atoms with Crippen molar-refractivity contribution in [3.8, 4) is 0 Å². The molecule has 0 saturated heterocycles. The fraction of sp³-hybridized carbons (Fsp3) is 0.286. The Labute approximate surface area is 187 Å². The molecule has 0 bridgehead atoms. The lowest BCUT2D eigenvalue weighted by Gasteiger charge is -2.20. The van der Waals surface area contributed by atoms with E-state index in [0.29, 0.717) is 5.69 Å². The minimum absolute atomic E-state index is 0.0546. The molecule has 2 aromatic carbocycles. The average molecular weight is 483 g/mol. The molecule has 33 heavy (non-hydrogen) atoms. The van der Waals surface area contributed by atoms with Crippen molar-refractivity contribution in [3.05, 3.63) is 54.1 Å². The molecule has 12 heteroatoms. The first kappa shape index (κ1) is 24.2. The fourth-order valence-electron chi connectivity index (χ4n) is 3.17. The maximum absolute atomic E-state index is 13.0. The number of amides is 1. The fourth-order valence-corrected chi connectivity index (χ4v) is 4.33. The first-order chi connectivity index (χ1) is 15.5. The summed E-state index contributed by atoms with van der Waals surface area (Å²) in [6, 6.07) is 10.7. The number of para-hydroxylation sites is 2. The number of carbonyl (C=O) groups is 2. The number of esters is 1. The van der Waals surface area contributed by atoms with Crippen molar-refractivity contribution in [2.24, 2.45) is 10.3 Å². The van der Waals surface area contributed by atoms with E-state index in [1.54, 1.807) is 25.1 Å². The zero-order valence-electron chi connectivity index (χ0n) is 17.3. The van der Waals surface area contributed by atoms with Crippen molar-refractivity contribution in [2.75, 3.05) is 17.2 Å². The zero-order valence-corrected chi connectivity index (χ0v) is 18.2. The van der Waals surface area contributed by atoms with Gasteiger partial charge in [0.25, 0.3) is 15.9 Å². The molecule has 0 aromatic heterocycles. The number of hydrogen-bond acceptors (Lipinski definition) is 6. The second-order valence-electron chi connectivity index (χ2n) is 7.40. The van der Waals surface area contributed by atoms with Crippen LogP contribution >= 0.6 is 0 Å². The van der Waals surface area contributed by atoms with Gasteiger partial charge in [0.2, 0.25) is 0 Å². The third kappa shape index (κ3) is 6.31. The van der Waals surface area contributed by atoms with E-state index in [2.05, 4.69) is 15.0 Å². The molecule has 1 heterocycles. The summed E-state index contributed by atoms with van der Waals surface area (Å²) < 4.78 is 72.1. The monoisotopic (exact) mass is 483 g/mol. The number of nitrogens with one attached hydrogen (secondary N) is 2. The summed E-state index contributed by atoms with van der Waals surface area (Å²) in [7, 11) is -3.85. The lowest BCUT2D eigenvalue weighted by Crippen LogP contribution is -2.25. The highest BCUT2D eigenvalue weighted by Crippen LogP contribution is 2.34. The summed E-state index contributed by atoms with van der Waals surface area (Å²) in [4.78, 5) is 24.0. The number of anilines is 2. The third-order valence-corrected chi connectivity index (χ3v) is 5.97. The van der Waals surface area contributed by atoms with Crippen LogP contribution in [0.4, 0.5) is 24.5 Å². The first-order valence-electron chi connectivity index (χ1n) is 9.77. The van der Waals surface area contributed by atoms with E-state index in [0.717, 1.165) is 12.1 Å². The van der Waals surface area contributed by atoms with Crippen molar-refractivity contribution in [1.82, 2.24) is 0 Å². The number of fused-ring (bicyclic) bond motifs is 1. The number of rotatable bonds is 7. The number of benzene rings is 2. The minimum Gasteiger partial charge on any atom is -0.456 e. The van der Waals surface area contributed by atoms with E-state index in [1.807, 2.05) is 0 Å². The Morgan fingerprint density at radius 2 is 1.79 bits per heavy atom. The van der Waals surface area contributed by atoms with Gasteiger partial charge in [-0.15, -0.1) is 4.40 Å². The van der Waals surface area contributed by atoms with Crippen molar-refractivity contribution < 1.29 is 35.9 Å². The Hall–Kier alpha value is -3.41. The molecule has 0 radical (unpaired) electrons. The van der Waals surface area contributed by atoms with Crippen LogP contribution in [0.15, 0.2) is 57.8 Å². The molecule has 0 unspecified atom stereocenters. The topological polar surface area (TPSA) is 114 Å². The first-order valence-corrected chi connectivity index (χ1v) is 11.2. The lowest BCUT2D eigenvalue weighted by molar-refractivity contribution is -0.148. The number of halogens is 3. The number of ether oxygens (including phenoxy) is 1. The molecule has 176 valence electrons. The number of carbonyl (C=O) groups excluding carboxylic acids is 2. The predicted octanol–water partition coefficient (Wildman–Crippen LogP) is 3.82. The van der Waals surface area contributed by atoms with E-state index < -0.39 is 51.9 Å². The molecule has 0 saturated carbocycles. The molecule has 1 amide bonds. The predicted molar refractivity (Wildman–Crippen MR) is 114 cm³/mol. The largest absolute Gasteiger partial charge is 0.456 e. The number of hydrogen-bond donors (Lipinski definition) is 2. The Kier molecular flexibility index (Phi) is 7.06. The van der Waals surface area contributed by atoms with Gasteiger partial charge in [0.05, 0.1) is 16.9 Å². The van der Waals surface area contributed by atoms with E-state index in [1.165, 1.54) is 18.2 Å². The summed E-state index contributed by atoms with van der Waals surface area (Å²) in [5.74, 6) is -1.91. The van der Waals surface area contributed by atoms with Gasteiger partial charge in [-0.3, -0.25) is 9.59 Å². The molecular formula is C21H20F3N3O5S. The smallest absolute Gasteiger partial charge is 0.418 e. The lowest BCUT2D eigenvalue weighted by atomic mass is 10.0. The minimum atomic E-state index is -4.65. The molecule has 1 atom stereocenters. The Bertz CT molecular complexity index is 1200. The standard InChI is InChI=1S/C21H20F3N3O5S/c1-13(10-18-25-16-8-4-5-9-17(16)33(30,31)27-18)11-20(29)32-12-19(28)26-15-7-3-2-6-14(15)21(22,23)24/h2-9,13H,10-12H2,1H3,(H,25,27)(H,26,28)/t13-/m0/s1. The van der Waals surface area contributed by atoms with Gasteiger partial charge in [-0.2, -0.15) is 21.6 Å². The van der Waals surface area contributed by atoms with Gasteiger partial charge >= 0.3 is 12.1 Å². The van der Waals surface area contributed by atoms with Gasteiger partial charge in [0.15, 0.2) is 6.61 Å². The van der Waals surface area contributed by atoms with E-state index in [-0.39, 0.29) is 23.6 Å². The van der Waals surface area contributed by atoms with Gasteiger partial charge in [-0.1, -0.05) is 31.2 Å². The SMILES string of the molecule is C[C@H](CC(=O)OCC(=O)Nc1ccccc1C(F)(F)F)CC1=NS(=O)(=O)c2ccccc2N1. The zero-order chi connectivity index (χ0) is 24.2. The van der Waals surface area contributed by atoms with Gasteiger partial charge < -0.3 is 15.4 Å². The molecular weight excluding hydrogens is 463 g/mol. The van der Waals surface area contributed by atoms with Crippen LogP contribution in [0.3, 0.4) is 0 Å². The van der Waals surface area contributed by atoms with Crippen LogP contribution in [0.2, 0.25) is 0 Å². The Morgan fingerprint density at radius 1 is 1.12 bits per heavy atom. The summed E-state index contributed by atoms with van der Waals surface area (Å²) in [5, 5.41) is 4.99. The molecule has 2 N–H and O–H groups in total.